The summed E-state index contributed by atoms with van der Waals surface area (Å²) in [6, 6.07) is 14.1. The van der Waals surface area contributed by atoms with Gasteiger partial charge in [-0.15, -0.1) is 0 Å². The number of carbonyl (C=O) groups excluding carboxylic acids is 3. The number of para-hydroxylation sites is 1. The van der Waals surface area contributed by atoms with Crippen molar-refractivity contribution in [3.05, 3.63) is 71.4 Å². The van der Waals surface area contributed by atoms with Crippen LogP contribution in [0.3, 0.4) is 0 Å². The first kappa shape index (κ1) is 16.4. The largest absolute Gasteiger partial charge is 0.350 e. The molecule has 2 amide bonds. The van der Waals surface area contributed by atoms with E-state index in [9.17, 15) is 14.4 Å². The van der Waals surface area contributed by atoms with Crippen molar-refractivity contribution in [2.24, 2.45) is 7.05 Å². The van der Waals surface area contributed by atoms with Crippen molar-refractivity contribution in [2.75, 3.05) is 0 Å². The first-order valence-corrected chi connectivity index (χ1v) is 7.73. The summed E-state index contributed by atoms with van der Waals surface area (Å²) < 4.78 is 1.82. The van der Waals surface area contributed by atoms with Crippen molar-refractivity contribution in [1.82, 2.24) is 15.4 Å². The highest BCUT2D eigenvalue weighted by atomic mass is 16.2. The Morgan fingerprint density at radius 2 is 1.60 bits per heavy atom. The van der Waals surface area contributed by atoms with Gasteiger partial charge in [-0.2, -0.15) is 0 Å². The van der Waals surface area contributed by atoms with Crippen molar-refractivity contribution in [3.63, 3.8) is 0 Å². The molecule has 0 saturated carbocycles. The number of hydrogen-bond acceptors (Lipinski definition) is 3. The van der Waals surface area contributed by atoms with Crippen molar-refractivity contribution in [1.29, 1.82) is 0 Å². The molecule has 0 aliphatic carbocycles. The lowest BCUT2D eigenvalue weighted by Gasteiger charge is -2.06. The lowest BCUT2D eigenvalue weighted by molar-refractivity contribution is -0.117. The highest BCUT2D eigenvalue weighted by Crippen LogP contribution is 2.19. The number of hydrogen-bond donors (Lipinski definition) is 2. The number of Topliss-reactive ketones (excluding diaryl/α,β-unsaturated/α-hetero) is 1. The quantitative estimate of drug-likeness (QED) is 0.437. The molecular weight excluding hydrogens is 318 g/mol. The number of amides is 2. The molecule has 0 aliphatic rings. The van der Waals surface area contributed by atoms with Gasteiger partial charge in [0.05, 0.1) is 5.56 Å². The van der Waals surface area contributed by atoms with Gasteiger partial charge < -0.3 is 4.57 Å². The van der Waals surface area contributed by atoms with Gasteiger partial charge in [0.2, 0.25) is 0 Å². The highest BCUT2D eigenvalue weighted by Gasteiger charge is 2.18. The van der Waals surface area contributed by atoms with E-state index in [0.29, 0.717) is 5.56 Å². The predicted octanol–water partition coefficient (Wildman–Crippen LogP) is 2.13. The normalized spacial score (nSPS) is 10.5. The number of aromatic nitrogens is 1. The Labute approximate surface area is 144 Å². The number of aryl methyl sites for hydroxylation is 2. The lowest BCUT2D eigenvalue weighted by Crippen LogP contribution is -2.44. The van der Waals surface area contributed by atoms with Gasteiger partial charge >= 0.3 is 5.91 Å². The maximum atomic E-state index is 12.3. The predicted molar refractivity (Wildman–Crippen MR) is 94.0 cm³/mol. The summed E-state index contributed by atoms with van der Waals surface area (Å²) in [7, 11) is 1.83. The summed E-state index contributed by atoms with van der Waals surface area (Å²) in [5.41, 5.74) is 7.03. The Kier molecular flexibility index (Phi) is 4.35. The van der Waals surface area contributed by atoms with E-state index in [-0.39, 0.29) is 5.56 Å². The molecule has 126 valence electrons. The first-order chi connectivity index (χ1) is 12.0. The fourth-order valence-corrected chi connectivity index (χ4v) is 2.60. The van der Waals surface area contributed by atoms with Crippen LogP contribution in [-0.2, 0) is 11.8 Å². The second-order valence-corrected chi connectivity index (χ2v) is 5.77. The molecule has 0 bridgehead atoms. The molecule has 3 aromatic rings. The first-order valence-electron chi connectivity index (χ1n) is 7.73. The minimum Gasteiger partial charge on any atom is -0.350 e. The van der Waals surface area contributed by atoms with E-state index in [2.05, 4.69) is 10.9 Å². The molecule has 0 radical (unpaired) electrons. The average molecular weight is 335 g/mol. The molecule has 0 atom stereocenters. The van der Waals surface area contributed by atoms with Gasteiger partial charge in [-0.05, 0) is 13.0 Å². The van der Waals surface area contributed by atoms with Crippen LogP contribution < -0.4 is 10.9 Å². The van der Waals surface area contributed by atoms with Crippen molar-refractivity contribution in [3.8, 4) is 0 Å². The van der Waals surface area contributed by atoms with Crippen LogP contribution in [-0.4, -0.2) is 22.2 Å². The second kappa shape index (κ2) is 6.60. The molecule has 3 rings (SSSR count). The van der Waals surface area contributed by atoms with E-state index >= 15 is 0 Å². The van der Waals surface area contributed by atoms with E-state index in [0.717, 1.165) is 16.5 Å². The number of hydrazine groups is 1. The van der Waals surface area contributed by atoms with Gasteiger partial charge in [0.1, 0.15) is 0 Å². The number of nitrogens with one attached hydrogen (secondary N) is 2. The molecule has 6 heteroatoms. The molecule has 0 saturated heterocycles. The van der Waals surface area contributed by atoms with Gasteiger partial charge in [0.25, 0.3) is 11.7 Å². The fraction of sp³-hybridized carbons (Fsp3) is 0.105. The molecule has 6 nitrogen and oxygen atoms in total. The highest BCUT2D eigenvalue weighted by molar-refractivity contribution is 6.42. The third kappa shape index (κ3) is 3.28. The zero-order chi connectivity index (χ0) is 18.0. The number of fused-ring (bicyclic) bond motifs is 1. The van der Waals surface area contributed by atoms with Crippen LogP contribution in [0.25, 0.3) is 10.9 Å². The fourth-order valence-electron chi connectivity index (χ4n) is 2.60. The minimum atomic E-state index is -0.891. The van der Waals surface area contributed by atoms with Crippen molar-refractivity contribution in [2.45, 2.75) is 6.92 Å². The van der Waals surface area contributed by atoms with Crippen LogP contribution >= 0.6 is 0 Å². The Balaban J connectivity index is 1.70. The third-order valence-corrected chi connectivity index (χ3v) is 3.95. The Morgan fingerprint density at radius 3 is 2.32 bits per heavy atom. The summed E-state index contributed by atoms with van der Waals surface area (Å²) in [5, 5.41) is 0.765. The van der Waals surface area contributed by atoms with E-state index < -0.39 is 17.6 Å². The van der Waals surface area contributed by atoms with Crippen molar-refractivity contribution < 1.29 is 14.4 Å². The number of rotatable bonds is 3. The molecular formula is C19H17N3O3. The van der Waals surface area contributed by atoms with Crippen LogP contribution in [0.15, 0.2) is 54.7 Å². The summed E-state index contributed by atoms with van der Waals surface area (Å²) in [6.45, 7) is 1.89. The standard InChI is InChI=1S/C19H17N3O3/c1-12-7-9-13(10-8-12)17(23)19(25)21-20-18(24)15-11-22(2)16-6-4-3-5-14(15)16/h3-11H,1-2H3,(H,20,24)(H,21,25). The summed E-state index contributed by atoms with van der Waals surface area (Å²) in [5.74, 6) is -2.09. The Hall–Kier alpha value is -3.41. The minimum absolute atomic E-state index is 0.266. The summed E-state index contributed by atoms with van der Waals surface area (Å²) in [4.78, 5) is 36.3. The van der Waals surface area contributed by atoms with E-state index in [4.69, 9.17) is 0 Å². The molecule has 0 unspecified atom stereocenters. The molecule has 0 spiro atoms. The molecule has 1 aromatic heterocycles. The summed E-state index contributed by atoms with van der Waals surface area (Å²) in [6.07, 6.45) is 1.67. The zero-order valence-electron chi connectivity index (χ0n) is 13.9. The smallest absolute Gasteiger partial charge is 0.310 e. The second-order valence-electron chi connectivity index (χ2n) is 5.77. The molecule has 1 heterocycles. The number of carbonyl (C=O) groups is 3. The van der Waals surface area contributed by atoms with Gasteiger partial charge in [-0.3, -0.25) is 25.2 Å². The van der Waals surface area contributed by atoms with E-state index in [1.807, 2.05) is 42.8 Å². The van der Waals surface area contributed by atoms with E-state index in [1.54, 1.807) is 30.5 Å². The van der Waals surface area contributed by atoms with Crippen LogP contribution in [0.2, 0.25) is 0 Å². The van der Waals surface area contributed by atoms with Gasteiger partial charge in [-0.25, -0.2) is 0 Å². The molecule has 2 N–H and O–H groups in total. The zero-order valence-corrected chi connectivity index (χ0v) is 13.9. The Bertz CT molecular complexity index is 971. The van der Waals surface area contributed by atoms with Gasteiger partial charge in [0, 0.05) is 29.7 Å². The van der Waals surface area contributed by atoms with Crippen LogP contribution in [0, 0.1) is 6.92 Å². The average Bonchev–Trinajstić information content (AvgIpc) is 2.97. The monoisotopic (exact) mass is 335 g/mol. The number of benzene rings is 2. The molecule has 0 aliphatic heterocycles. The number of nitrogens with zero attached hydrogens (tertiary/aromatic N) is 1. The maximum Gasteiger partial charge on any atom is 0.310 e. The SMILES string of the molecule is Cc1ccc(C(=O)C(=O)NNC(=O)c2cn(C)c3ccccc23)cc1. The van der Waals surface area contributed by atoms with E-state index in [1.165, 1.54) is 0 Å². The summed E-state index contributed by atoms with van der Waals surface area (Å²) >= 11 is 0. The van der Waals surface area contributed by atoms with Crippen LogP contribution in [0.4, 0.5) is 0 Å². The third-order valence-electron chi connectivity index (χ3n) is 3.95. The topological polar surface area (TPSA) is 80.2 Å². The molecule has 2 aromatic carbocycles. The Morgan fingerprint density at radius 1 is 0.920 bits per heavy atom. The van der Waals surface area contributed by atoms with Gasteiger partial charge in [-0.1, -0.05) is 48.0 Å². The molecule has 0 fully saturated rings. The number of ketones is 1. The van der Waals surface area contributed by atoms with Gasteiger partial charge in [0.15, 0.2) is 0 Å². The van der Waals surface area contributed by atoms with Crippen LogP contribution in [0.1, 0.15) is 26.3 Å². The molecule has 25 heavy (non-hydrogen) atoms. The van der Waals surface area contributed by atoms with Crippen molar-refractivity contribution >= 4 is 28.5 Å². The maximum absolute atomic E-state index is 12.3. The van der Waals surface area contributed by atoms with Crippen LogP contribution in [0.5, 0.6) is 0 Å². The lowest BCUT2D eigenvalue weighted by atomic mass is 10.1.